The molecule has 2 amide bonds. The molecule has 4 rings (SSSR count). The van der Waals surface area contributed by atoms with Gasteiger partial charge in [0.25, 0.3) is 0 Å². The fraction of sp³-hybridized carbons (Fsp3) is 0.500. The molecule has 1 aromatic rings. The minimum absolute atomic E-state index is 0.114. The van der Waals surface area contributed by atoms with Gasteiger partial charge in [-0.25, -0.2) is 0 Å². The monoisotopic (exact) mass is 341 g/mol. The van der Waals surface area contributed by atoms with Crippen molar-refractivity contribution in [2.24, 2.45) is 5.41 Å². The molecule has 3 aliphatic rings. The van der Waals surface area contributed by atoms with Crippen molar-refractivity contribution in [3.63, 3.8) is 0 Å². The van der Waals surface area contributed by atoms with E-state index in [-0.39, 0.29) is 18.6 Å². The third-order valence-corrected chi connectivity index (χ3v) is 5.63. The first-order valence-corrected chi connectivity index (χ1v) is 8.27. The van der Waals surface area contributed by atoms with Gasteiger partial charge in [0.15, 0.2) is 11.5 Å². The second kappa shape index (κ2) is 5.12. The summed E-state index contributed by atoms with van der Waals surface area (Å²) in [6.07, 6.45) is 0.324. The number of piperazine rings is 1. The molecular weight excluding hydrogens is 322 g/mol. The highest BCUT2D eigenvalue weighted by molar-refractivity contribution is 5.97. The van der Waals surface area contributed by atoms with E-state index in [1.165, 1.54) is 4.90 Å². The van der Waals surface area contributed by atoms with Gasteiger partial charge in [0.1, 0.15) is 12.1 Å². The molecule has 7 nitrogen and oxygen atoms in total. The van der Waals surface area contributed by atoms with Gasteiger partial charge in [0.2, 0.25) is 18.6 Å². The Morgan fingerprint density at radius 1 is 1.24 bits per heavy atom. The van der Waals surface area contributed by atoms with E-state index in [4.69, 9.17) is 9.47 Å². The molecule has 0 aliphatic carbocycles. The van der Waals surface area contributed by atoms with Crippen molar-refractivity contribution in [3.05, 3.63) is 23.8 Å². The summed E-state index contributed by atoms with van der Waals surface area (Å²) in [5.41, 5.74) is -0.0668. The number of carbonyl (C=O) groups is 2. The Balaban J connectivity index is 1.83. The van der Waals surface area contributed by atoms with Crippen molar-refractivity contribution in [3.8, 4) is 17.6 Å². The lowest BCUT2D eigenvalue weighted by Crippen LogP contribution is -2.60. The molecule has 3 aliphatic heterocycles. The van der Waals surface area contributed by atoms with E-state index in [0.717, 1.165) is 5.56 Å². The number of amides is 2. The van der Waals surface area contributed by atoms with Crippen molar-refractivity contribution in [2.75, 3.05) is 13.8 Å². The van der Waals surface area contributed by atoms with Crippen LogP contribution in [-0.2, 0) is 9.59 Å². The Labute approximate surface area is 145 Å². The normalized spacial score (nSPS) is 33.4. The van der Waals surface area contributed by atoms with Crippen molar-refractivity contribution in [1.82, 2.24) is 9.80 Å². The Morgan fingerprint density at radius 3 is 2.68 bits per heavy atom. The summed E-state index contributed by atoms with van der Waals surface area (Å²) >= 11 is 0. The predicted molar refractivity (Wildman–Crippen MR) is 86.5 cm³/mol. The van der Waals surface area contributed by atoms with Crippen LogP contribution in [0.4, 0.5) is 0 Å². The van der Waals surface area contributed by atoms with Gasteiger partial charge in [0, 0.05) is 7.05 Å². The average Bonchev–Trinajstić information content (AvgIpc) is 3.20. The molecule has 0 saturated carbocycles. The van der Waals surface area contributed by atoms with E-state index in [0.29, 0.717) is 17.9 Å². The number of nitriles is 1. The predicted octanol–water partition coefficient (Wildman–Crippen LogP) is 1.45. The van der Waals surface area contributed by atoms with Gasteiger partial charge < -0.3 is 19.3 Å². The smallest absolute Gasteiger partial charge is 0.246 e. The summed E-state index contributed by atoms with van der Waals surface area (Å²) in [6.45, 7) is 3.69. The topological polar surface area (TPSA) is 82.9 Å². The molecule has 0 N–H and O–H groups in total. The van der Waals surface area contributed by atoms with Gasteiger partial charge in [-0.15, -0.1) is 0 Å². The molecule has 130 valence electrons. The van der Waals surface area contributed by atoms with Gasteiger partial charge in [-0.2, -0.15) is 5.26 Å². The maximum absolute atomic E-state index is 13.0. The molecule has 2 saturated heterocycles. The van der Waals surface area contributed by atoms with Crippen molar-refractivity contribution in [1.29, 1.82) is 5.26 Å². The first-order valence-electron chi connectivity index (χ1n) is 8.27. The SMILES string of the molecule is C[C@H]1C(=O)N2C(c3ccc4c(c3)OCO4)[C@@](C)(C#N)C[C@H]2C(=O)N1C. The molecule has 4 atom stereocenters. The van der Waals surface area contributed by atoms with Crippen LogP contribution >= 0.6 is 0 Å². The number of hydrogen-bond donors (Lipinski definition) is 0. The number of fused-ring (bicyclic) bond motifs is 2. The first-order chi connectivity index (χ1) is 11.9. The van der Waals surface area contributed by atoms with Crippen LogP contribution in [0.5, 0.6) is 11.5 Å². The Morgan fingerprint density at radius 2 is 1.96 bits per heavy atom. The highest BCUT2D eigenvalue weighted by Gasteiger charge is 2.58. The maximum Gasteiger partial charge on any atom is 0.246 e. The molecule has 1 aromatic carbocycles. The van der Waals surface area contributed by atoms with Crippen LogP contribution in [0.1, 0.15) is 31.9 Å². The second-order valence-corrected chi connectivity index (χ2v) is 7.14. The minimum Gasteiger partial charge on any atom is -0.454 e. The summed E-state index contributed by atoms with van der Waals surface area (Å²) in [4.78, 5) is 28.7. The molecule has 25 heavy (non-hydrogen) atoms. The fourth-order valence-electron chi connectivity index (χ4n) is 4.11. The van der Waals surface area contributed by atoms with Crippen molar-refractivity contribution in [2.45, 2.75) is 38.4 Å². The van der Waals surface area contributed by atoms with Crippen molar-refractivity contribution < 1.29 is 19.1 Å². The summed E-state index contributed by atoms with van der Waals surface area (Å²) in [5.74, 6) is 0.999. The van der Waals surface area contributed by atoms with Crippen LogP contribution in [0.3, 0.4) is 0 Å². The second-order valence-electron chi connectivity index (χ2n) is 7.14. The molecule has 0 radical (unpaired) electrons. The lowest BCUT2D eigenvalue weighted by atomic mass is 9.79. The summed E-state index contributed by atoms with van der Waals surface area (Å²) in [5, 5.41) is 9.83. The van der Waals surface area contributed by atoms with Gasteiger partial charge in [-0.1, -0.05) is 6.07 Å². The maximum atomic E-state index is 13.0. The molecule has 3 heterocycles. The number of likely N-dealkylation sites (N-methyl/N-ethyl adjacent to an activating group) is 1. The average molecular weight is 341 g/mol. The highest BCUT2D eigenvalue weighted by Crippen LogP contribution is 2.52. The minimum atomic E-state index is -0.853. The fourth-order valence-corrected chi connectivity index (χ4v) is 4.11. The molecular formula is C18H19N3O4. The number of carbonyl (C=O) groups excluding carboxylic acids is 2. The van der Waals surface area contributed by atoms with Gasteiger partial charge in [-0.3, -0.25) is 9.59 Å². The number of rotatable bonds is 1. The molecule has 0 spiro atoms. The van der Waals surface area contributed by atoms with Crippen LogP contribution in [-0.4, -0.2) is 47.5 Å². The van der Waals surface area contributed by atoms with Crippen LogP contribution in [0.15, 0.2) is 18.2 Å². The van der Waals surface area contributed by atoms with Gasteiger partial charge in [0.05, 0.1) is 17.5 Å². The molecule has 1 unspecified atom stereocenters. The third-order valence-electron chi connectivity index (χ3n) is 5.63. The Hall–Kier alpha value is -2.75. The number of hydrogen-bond acceptors (Lipinski definition) is 5. The summed E-state index contributed by atoms with van der Waals surface area (Å²) in [7, 11) is 1.64. The standard InChI is InChI=1S/C18H19N3O4/c1-10-16(22)21-12(17(23)20(10)3)7-18(2,8-19)15(21)11-4-5-13-14(6-11)25-9-24-13/h4-6,10,12,15H,7,9H2,1-3H3/t10-,12-,15?,18+/m0/s1. The Bertz CT molecular complexity index is 817. The summed E-state index contributed by atoms with van der Waals surface area (Å²) in [6, 6.07) is 6.15. The van der Waals surface area contributed by atoms with Crippen LogP contribution in [0.25, 0.3) is 0 Å². The number of ether oxygens (including phenoxy) is 2. The highest BCUT2D eigenvalue weighted by atomic mass is 16.7. The lowest BCUT2D eigenvalue weighted by molar-refractivity contribution is -0.159. The zero-order chi connectivity index (χ0) is 17.9. The third kappa shape index (κ3) is 2.03. The van der Waals surface area contributed by atoms with Gasteiger partial charge >= 0.3 is 0 Å². The van der Waals surface area contributed by atoms with Crippen LogP contribution in [0, 0.1) is 16.7 Å². The lowest BCUT2D eigenvalue weighted by Gasteiger charge is -2.42. The molecule has 0 bridgehead atoms. The quantitative estimate of drug-likeness (QED) is 0.772. The zero-order valence-corrected chi connectivity index (χ0v) is 14.4. The van der Waals surface area contributed by atoms with E-state index < -0.39 is 23.5 Å². The summed E-state index contributed by atoms with van der Waals surface area (Å²) < 4.78 is 10.8. The van der Waals surface area contributed by atoms with Crippen molar-refractivity contribution >= 4 is 11.8 Å². The first kappa shape index (κ1) is 15.8. The van der Waals surface area contributed by atoms with E-state index >= 15 is 0 Å². The zero-order valence-electron chi connectivity index (χ0n) is 14.4. The van der Waals surface area contributed by atoms with Gasteiger partial charge in [-0.05, 0) is 38.0 Å². The van der Waals surface area contributed by atoms with E-state index in [1.54, 1.807) is 24.9 Å². The van der Waals surface area contributed by atoms with E-state index in [2.05, 4.69) is 6.07 Å². The van der Waals surface area contributed by atoms with Crippen LogP contribution < -0.4 is 9.47 Å². The van der Waals surface area contributed by atoms with Crippen LogP contribution in [0.2, 0.25) is 0 Å². The number of nitrogens with zero attached hydrogens (tertiary/aromatic N) is 3. The van der Waals surface area contributed by atoms with E-state index in [1.807, 2.05) is 19.1 Å². The molecule has 2 fully saturated rings. The molecule has 7 heteroatoms. The Kier molecular flexibility index (Phi) is 3.23. The molecule has 0 aromatic heterocycles. The number of benzene rings is 1. The van der Waals surface area contributed by atoms with E-state index in [9.17, 15) is 14.9 Å². The largest absolute Gasteiger partial charge is 0.454 e.